The summed E-state index contributed by atoms with van der Waals surface area (Å²) < 4.78 is 39.1. The molecule has 0 saturated carbocycles. The molecule has 1 heterocycles. The van der Waals surface area contributed by atoms with Gasteiger partial charge in [0, 0.05) is 0 Å². The molecule has 3 rings (SSSR count). The number of imide groups is 1. The van der Waals surface area contributed by atoms with E-state index in [0.717, 1.165) is 22.1 Å². The van der Waals surface area contributed by atoms with Crippen LogP contribution in [-0.4, -0.2) is 11.1 Å². The number of alkyl halides is 3. The summed E-state index contributed by atoms with van der Waals surface area (Å²) in [5.41, 5.74) is 0.434. The quantitative estimate of drug-likeness (QED) is 0.591. The SMILES string of the molecule is Cc1cccc(/C=C2\SC(=O)N(c3ccc(Cl)c(C(F)(F)F)c3)C2=O)c1. The standard InChI is InChI=1S/C18H11ClF3NO2S/c1-10-3-2-4-11(7-10)8-15-16(24)23(17(25)26-15)12-5-6-14(19)13(9-12)18(20,21)22/h2-9H,1H3/b15-8-. The van der Waals surface area contributed by atoms with Crippen molar-refractivity contribution in [2.45, 2.75) is 13.1 Å². The third-order valence-corrected chi connectivity index (χ3v) is 4.85. The summed E-state index contributed by atoms with van der Waals surface area (Å²) in [6.45, 7) is 1.88. The molecule has 1 aliphatic heterocycles. The zero-order valence-electron chi connectivity index (χ0n) is 13.3. The van der Waals surface area contributed by atoms with E-state index in [4.69, 9.17) is 11.6 Å². The second kappa shape index (κ2) is 6.81. The molecular weight excluding hydrogens is 387 g/mol. The van der Waals surface area contributed by atoms with Crippen LogP contribution in [0.2, 0.25) is 5.02 Å². The van der Waals surface area contributed by atoms with Crippen LogP contribution in [0.15, 0.2) is 47.4 Å². The maximum absolute atomic E-state index is 13.0. The van der Waals surface area contributed by atoms with E-state index >= 15 is 0 Å². The van der Waals surface area contributed by atoms with Crippen LogP contribution in [0.5, 0.6) is 0 Å². The van der Waals surface area contributed by atoms with E-state index in [1.54, 1.807) is 18.2 Å². The molecule has 8 heteroatoms. The Bertz CT molecular complexity index is 940. The van der Waals surface area contributed by atoms with Gasteiger partial charge in [0.15, 0.2) is 0 Å². The first-order chi connectivity index (χ1) is 12.2. The second-order valence-corrected chi connectivity index (χ2v) is 6.99. The molecule has 0 N–H and O–H groups in total. The summed E-state index contributed by atoms with van der Waals surface area (Å²) >= 11 is 6.27. The number of thioether (sulfide) groups is 1. The Kier molecular flexibility index (Phi) is 4.86. The monoisotopic (exact) mass is 397 g/mol. The van der Waals surface area contributed by atoms with Crippen molar-refractivity contribution >= 4 is 46.3 Å². The smallest absolute Gasteiger partial charge is 0.268 e. The number of anilines is 1. The average Bonchev–Trinajstić information content (AvgIpc) is 2.81. The van der Waals surface area contributed by atoms with Crippen molar-refractivity contribution in [3.8, 4) is 0 Å². The van der Waals surface area contributed by atoms with Crippen LogP contribution in [0.25, 0.3) is 6.08 Å². The van der Waals surface area contributed by atoms with Crippen molar-refractivity contribution in [3.63, 3.8) is 0 Å². The van der Waals surface area contributed by atoms with E-state index in [1.165, 1.54) is 6.07 Å². The Hall–Kier alpha value is -2.25. The molecule has 2 amide bonds. The maximum atomic E-state index is 13.0. The molecule has 0 bridgehead atoms. The molecule has 1 saturated heterocycles. The molecule has 2 aromatic rings. The van der Waals surface area contributed by atoms with Crippen LogP contribution in [0, 0.1) is 6.92 Å². The Morgan fingerprint density at radius 3 is 2.50 bits per heavy atom. The van der Waals surface area contributed by atoms with Crippen molar-refractivity contribution < 1.29 is 22.8 Å². The first-order valence-electron chi connectivity index (χ1n) is 7.38. The van der Waals surface area contributed by atoms with Gasteiger partial charge < -0.3 is 0 Å². The number of nitrogens with zero attached hydrogens (tertiary/aromatic N) is 1. The highest BCUT2D eigenvalue weighted by atomic mass is 35.5. The van der Waals surface area contributed by atoms with Crippen LogP contribution in [0.4, 0.5) is 23.7 Å². The number of hydrogen-bond donors (Lipinski definition) is 0. The molecule has 3 nitrogen and oxygen atoms in total. The maximum Gasteiger partial charge on any atom is 0.417 e. The lowest BCUT2D eigenvalue weighted by Crippen LogP contribution is -2.28. The van der Waals surface area contributed by atoms with Crippen molar-refractivity contribution in [1.82, 2.24) is 0 Å². The number of benzene rings is 2. The summed E-state index contributed by atoms with van der Waals surface area (Å²) in [6.07, 6.45) is -3.15. The fourth-order valence-electron chi connectivity index (χ4n) is 2.47. The van der Waals surface area contributed by atoms with Gasteiger partial charge in [-0.3, -0.25) is 9.59 Å². The first-order valence-corrected chi connectivity index (χ1v) is 8.57. The van der Waals surface area contributed by atoms with Crippen LogP contribution in [-0.2, 0) is 11.0 Å². The molecule has 0 aromatic heterocycles. The second-order valence-electron chi connectivity index (χ2n) is 5.59. The lowest BCUT2D eigenvalue weighted by molar-refractivity contribution is -0.137. The molecule has 0 atom stereocenters. The molecule has 1 fully saturated rings. The zero-order valence-corrected chi connectivity index (χ0v) is 14.9. The topological polar surface area (TPSA) is 37.4 Å². The van der Waals surface area contributed by atoms with Crippen molar-refractivity contribution in [3.05, 3.63) is 69.1 Å². The lowest BCUT2D eigenvalue weighted by atomic mass is 10.1. The van der Waals surface area contributed by atoms with Gasteiger partial charge in [0.25, 0.3) is 11.1 Å². The van der Waals surface area contributed by atoms with Gasteiger partial charge in [-0.05, 0) is 48.5 Å². The van der Waals surface area contributed by atoms with Crippen LogP contribution in [0.1, 0.15) is 16.7 Å². The van der Waals surface area contributed by atoms with Gasteiger partial charge in [-0.25, -0.2) is 4.90 Å². The first kappa shape index (κ1) is 18.5. The summed E-state index contributed by atoms with van der Waals surface area (Å²) in [6, 6.07) is 10.2. The number of halogens is 4. The number of aryl methyl sites for hydroxylation is 1. The summed E-state index contributed by atoms with van der Waals surface area (Å²) in [4.78, 5) is 25.6. The minimum absolute atomic E-state index is 0.143. The van der Waals surface area contributed by atoms with Crippen molar-refractivity contribution in [2.75, 3.05) is 4.90 Å². The predicted molar refractivity (Wildman–Crippen MR) is 96.1 cm³/mol. The molecule has 1 aliphatic rings. The molecular formula is C18H11ClF3NO2S. The third kappa shape index (κ3) is 3.64. The van der Waals surface area contributed by atoms with Gasteiger partial charge >= 0.3 is 6.18 Å². The number of rotatable bonds is 2. The predicted octanol–water partition coefficient (Wildman–Crippen LogP) is 5.91. The Morgan fingerprint density at radius 2 is 1.85 bits per heavy atom. The summed E-state index contributed by atoms with van der Waals surface area (Å²) in [5.74, 6) is -0.669. The highest BCUT2D eigenvalue weighted by Gasteiger charge is 2.39. The van der Waals surface area contributed by atoms with Crippen LogP contribution >= 0.6 is 23.4 Å². The van der Waals surface area contributed by atoms with Crippen molar-refractivity contribution in [1.29, 1.82) is 0 Å². The fourth-order valence-corrected chi connectivity index (χ4v) is 3.54. The Balaban J connectivity index is 1.98. The largest absolute Gasteiger partial charge is 0.417 e. The van der Waals surface area contributed by atoms with E-state index < -0.39 is 27.9 Å². The Morgan fingerprint density at radius 1 is 1.12 bits per heavy atom. The lowest BCUT2D eigenvalue weighted by Gasteiger charge is -2.16. The molecule has 0 aliphatic carbocycles. The Labute approximate surface area is 156 Å². The third-order valence-electron chi connectivity index (χ3n) is 3.65. The number of amides is 2. The van der Waals surface area contributed by atoms with Gasteiger partial charge in [-0.1, -0.05) is 41.4 Å². The number of hydrogen-bond acceptors (Lipinski definition) is 3. The minimum Gasteiger partial charge on any atom is -0.268 e. The molecule has 0 unspecified atom stereocenters. The minimum atomic E-state index is -4.69. The molecule has 0 spiro atoms. The average molecular weight is 398 g/mol. The van der Waals surface area contributed by atoms with E-state index in [9.17, 15) is 22.8 Å². The normalized spacial score (nSPS) is 16.7. The zero-order chi connectivity index (χ0) is 19.1. The number of carbonyl (C=O) groups is 2. The van der Waals surface area contributed by atoms with Crippen molar-refractivity contribution in [2.24, 2.45) is 0 Å². The molecule has 134 valence electrons. The van der Waals surface area contributed by atoms with E-state index in [1.807, 2.05) is 19.1 Å². The van der Waals surface area contributed by atoms with Gasteiger partial charge in [0.2, 0.25) is 0 Å². The van der Waals surface area contributed by atoms with E-state index in [0.29, 0.717) is 17.8 Å². The van der Waals surface area contributed by atoms with Gasteiger partial charge in [-0.15, -0.1) is 0 Å². The highest BCUT2D eigenvalue weighted by Crippen LogP contribution is 2.40. The van der Waals surface area contributed by atoms with Gasteiger partial charge in [-0.2, -0.15) is 13.2 Å². The summed E-state index contributed by atoms with van der Waals surface area (Å²) in [7, 11) is 0. The molecule has 26 heavy (non-hydrogen) atoms. The van der Waals surface area contributed by atoms with Gasteiger partial charge in [0.1, 0.15) is 0 Å². The van der Waals surface area contributed by atoms with Gasteiger partial charge in [0.05, 0.1) is 21.2 Å². The van der Waals surface area contributed by atoms with Crippen LogP contribution < -0.4 is 4.90 Å². The summed E-state index contributed by atoms with van der Waals surface area (Å²) in [5, 5.41) is -1.16. The van der Waals surface area contributed by atoms with Crippen LogP contribution in [0.3, 0.4) is 0 Å². The fraction of sp³-hybridized carbons (Fsp3) is 0.111. The highest BCUT2D eigenvalue weighted by molar-refractivity contribution is 8.19. The number of carbonyl (C=O) groups excluding carboxylic acids is 2. The van der Waals surface area contributed by atoms with E-state index in [-0.39, 0.29) is 10.6 Å². The molecule has 0 radical (unpaired) electrons. The molecule has 2 aromatic carbocycles. The van der Waals surface area contributed by atoms with E-state index in [2.05, 4.69) is 0 Å².